The maximum absolute atomic E-state index is 13.5. The number of aromatic nitrogens is 4. The minimum absolute atomic E-state index is 0.00121. The summed E-state index contributed by atoms with van der Waals surface area (Å²) in [6, 6.07) is 23.3. The molecule has 0 radical (unpaired) electrons. The van der Waals surface area contributed by atoms with Crippen molar-refractivity contribution in [2.75, 3.05) is 20.3 Å². The number of carbonyl (C=O) groups is 3. The smallest absolute Gasteiger partial charge is 0.357 e. The summed E-state index contributed by atoms with van der Waals surface area (Å²) in [6.07, 6.45) is 2.99. The zero-order valence-electron chi connectivity index (χ0n) is 24.7. The number of carbonyl (C=O) groups excluding carboxylic acids is 3. The summed E-state index contributed by atoms with van der Waals surface area (Å²) >= 11 is 0. The number of amides is 2. The zero-order chi connectivity index (χ0) is 31.3. The molecule has 226 valence electrons. The Morgan fingerprint density at radius 3 is 2.16 bits per heavy atom. The van der Waals surface area contributed by atoms with Crippen molar-refractivity contribution >= 4 is 17.8 Å². The lowest BCUT2D eigenvalue weighted by Gasteiger charge is -2.15. The first kappa shape index (κ1) is 29.2. The summed E-state index contributed by atoms with van der Waals surface area (Å²) in [4.78, 5) is 49.1. The number of imide groups is 1. The van der Waals surface area contributed by atoms with Crippen molar-refractivity contribution in [3.8, 4) is 34.0 Å². The van der Waals surface area contributed by atoms with E-state index in [1.807, 2.05) is 48.5 Å². The molecule has 0 atom stereocenters. The van der Waals surface area contributed by atoms with E-state index in [-0.39, 0.29) is 37.2 Å². The lowest BCUT2D eigenvalue weighted by Crippen LogP contribution is -2.33. The van der Waals surface area contributed by atoms with E-state index in [0.29, 0.717) is 46.0 Å². The van der Waals surface area contributed by atoms with Crippen LogP contribution in [0, 0.1) is 0 Å². The van der Waals surface area contributed by atoms with Crippen molar-refractivity contribution in [1.29, 1.82) is 0 Å². The van der Waals surface area contributed by atoms with Crippen LogP contribution in [0.2, 0.25) is 0 Å². The molecule has 0 saturated carbocycles. The van der Waals surface area contributed by atoms with E-state index in [0.717, 1.165) is 11.3 Å². The molecular formula is C34H29N5O6. The van der Waals surface area contributed by atoms with Gasteiger partial charge in [-0.2, -0.15) is 5.10 Å². The van der Waals surface area contributed by atoms with E-state index in [1.54, 1.807) is 50.6 Å². The van der Waals surface area contributed by atoms with Crippen LogP contribution in [0.15, 0.2) is 91.4 Å². The molecule has 3 aromatic carbocycles. The Kier molecular flexibility index (Phi) is 8.32. The standard InChI is InChI=1S/C34H29N5O6/c1-3-44-34(42)31-29(23-10-14-25(15-11-23)45-20-22-8-12-24(43-2)13-9-22)30(28-16-17-35-21-36-28)37-39(31)19-18-38-32(40)26-6-4-5-7-27(26)33(38)41/h4-17,21H,3,18-20H2,1-2H3. The molecule has 5 aromatic rings. The van der Waals surface area contributed by atoms with Crippen LogP contribution in [-0.4, -0.2) is 62.7 Å². The van der Waals surface area contributed by atoms with Crippen LogP contribution in [0.5, 0.6) is 11.5 Å². The molecule has 0 N–H and O–H groups in total. The largest absolute Gasteiger partial charge is 0.497 e. The maximum Gasteiger partial charge on any atom is 0.357 e. The average Bonchev–Trinajstić information content (AvgIpc) is 3.58. The van der Waals surface area contributed by atoms with Gasteiger partial charge < -0.3 is 14.2 Å². The fraction of sp³-hybridized carbons (Fsp3) is 0.176. The number of esters is 1. The number of ether oxygens (including phenoxy) is 3. The van der Waals surface area contributed by atoms with Gasteiger partial charge >= 0.3 is 5.97 Å². The van der Waals surface area contributed by atoms with E-state index >= 15 is 0 Å². The highest BCUT2D eigenvalue weighted by Crippen LogP contribution is 2.35. The van der Waals surface area contributed by atoms with Gasteiger partial charge in [0.15, 0.2) is 5.69 Å². The van der Waals surface area contributed by atoms with Crippen molar-refractivity contribution in [3.63, 3.8) is 0 Å². The SMILES string of the molecule is CCOC(=O)c1c(-c2ccc(OCc3ccc(OC)cc3)cc2)c(-c2ccncn2)nn1CCN1C(=O)c2ccccc2C1=O. The first-order valence-corrected chi connectivity index (χ1v) is 14.3. The second-order valence-electron chi connectivity index (χ2n) is 10.1. The van der Waals surface area contributed by atoms with Gasteiger partial charge in [0.05, 0.1) is 37.1 Å². The molecule has 2 aromatic heterocycles. The topological polar surface area (TPSA) is 126 Å². The number of benzene rings is 3. The highest BCUT2D eigenvalue weighted by atomic mass is 16.5. The minimum Gasteiger partial charge on any atom is -0.497 e. The van der Waals surface area contributed by atoms with Gasteiger partial charge in [-0.05, 0) is 60.5 Å². The molecule has 45 heavy (non-hydrogen) atoms. The fourth-order valence-electron chi connectivity index (χ4n) is 5.16. The molecule has 0 aliphatic carbocycles. The molecule has 6 rings (SSSR count). The van der Waals surface area contributed by atoms with E-state index in [1.165, 1.54) is 15.9 Å². The predicted octanol–water partition coefficient (Wildman–Crippen LogP) is 5.07. The maximum atomic E-state index is 13.5. The van der Waals surface area contributed by atoms with Gasteiger partial charge in [0.2, 0.25) is 0 Å². The van der Waals surface area contributed by atoms with Gasteiger partial charge in [-0.3, -0.25) is 19.2 Å². The summed E-state index contributed by atoms with van der Waals surface area (Å²) in [5, 5.41) is 4.77. The van der Waals surface area contributed by atoms with Gasteiger partial charge in [0.1, 0.15) is 30.1 Å². The molecule has 0 spiro atoms. The molecule has 2 amide bonds. The number of methoxy groups -OCH3 is 1. The highest BCUT2D eigenvalue weighted by Gasteiger charge is 2.35. The Labute approximate surface area is 259 Å². The van der Waals surface area contributed by atoms with E-state index in [2.05, 4.69) is 9.97 Å². The summed E-state index contributed by atoms with van der Waals surface area (Å²) in [5.41, 5.74) is 3.95. The van der Waals surface area contributed by atoms with Crippen molar-refractivity contribution < 1.29 is 28.6 Å². The third kappa shape index (κ3) is 5.87. The van der Waals surface area contributed by atoms with Crippen molar-refractivity contribution in [2.24, 2.45) is 0 Å². The van der Waals surface area contributed by atoms with Crippen LogP contribution in [0.3, 0.4) is 0 Å². The van der Waals surface area contributed by atoms with E-state index in [9.17, 15) is 14.4 Å². The Hall–Kier alpha value is -5.84. The van der Waals surface area contributed by atoms with Crippen molar-refractivity contribution in [1.82, 2.24) is 24.6 Å². The molecule has 11 nitrogen and oxygen atoms in total. The normalized spacial score (nSPS) is 12.3. The molecule has 0 unspecified atom stereocenters. The van der Waals surface area contributed by atoms with Crippen LogP contribution in [0.4, 0.5) is 0 Å². The number of fused-ring (bicyclic) bond motifs is 1. The van der Waals surface area contributed by atoms with Gasteiger partial charge in [-0.25, -0.2) is 14.8 Å². The van der Waals surface area contributed by atoms with Crippen LogP contribution < -0.4 is 9.47 Å². The quantitative estimate of drug-likeness (QED) is 0.150. The predicted molar refractivity (Wildman–Crippen MR) is 164 cm³/mol. The molecule has 11 heteroatoms. The summed E-state index contributed by atoms with van der Waals surface area (Å²) in [6.45, 7) is 2.28. The minimum atomic E-state index is -0.595. The van der Waals surface area contributed by atoms with Gasteiger partial charge in [0.25, 0.3) is 11.8 Å². The molecule has 1 aliphatic heterocycles. The molecular weight excluding hydrogens is 574 g/mol. The van der Waals surface area contributed by atoms with Crippen molar-refractivity contribution in [2.45, 2.75) is 20.1 Å². The molecule has 0 bridgehead atoms. The Morgan fingerprint density at radius 2 is 1.53 bits per heavy atom. The third-order valence-corrected chi connectivity index (χ3v) is 7.37. The third-order valence-electron chi connectivity index (χ3n) is 7.37. The molecule has 0 fully saturated rings. The Balaban J connectivity index is 1.33. The Bertz CT molecular complexity index is 1820. The molecule has 1 aliphatic rings. The second-order valence-corrected chi connectivity index (χ2v) is 10.1. The number of nitrogens with zero attached hydrogens (tertiary/aromatic N) is 5. The van der Waals surface area contributed by atoms with Gasteiger partial charge in [-0.1, -0.05) is 36.4 Å². The lowest BCUT2D eigenvalue weighted by atomic mass is 10.0. The number of hydrogen-bond donors (Lipinski definition) is 0. The monoisotopic (exact) mass is 603 g/mol. The molecule has 0 saturated heterocycles. The summed E-state index contributed by atoms with van der Waals surface area (Å²) < 4.78 is 18.1. The van der Waals surface area contributed by atoms with Crippen LogP contribution in [0.25, 0.3) is 22.5 Å². The average molecular weight is 604 g/mol. The van der Waals surface area contributed by atoms with Crippen LogP contribution >= 0.6 is 0 Å². The van der Waals surface area contributed by atoms with Gasteiger partial charge in [0, 0.05) is 18.3 Å². The van der Waals surface area contributed by atoms with Gasteiger partial charge in [-0.15, -0.1) is 0 Å². The summed E-state index contributed by atoms with van der Waals surface area (Å²) in [7, 11) is 1.62. The zero-order valence-corrected chi connectivity index (χ0v) is 24.7. The number of hydrogen-bond acceptors (Lipinski definition) is 9. The van der Waals surface area contributed by atoms with Crippen LogP contribution in [0.1, 0.15) is 43.7 Å². The molecule has 3 heterocycles. The second kappa shape index (κ2) is 12.8. The van der Waals surface area contributed by atoms with E-state index in [4.69, 9.17) is 19.3 Å². The number of rotatable bonds is 11. The first-order chi connectivity index (χ1) is 22.0. The fourth-order valence-corrected chi connectivity index (χ4v) is 5.16. The highest BCUT2D eigenvalue weighted by molar-refractivity contribution is 6.21. The van der Waals surface area contributed by atoms with Crippen LogP contribution in [-0.2, 0) is 17.9 Å². The Morgan fingerprint density at radius 1 is 0.844 bits per heavy atom. The lowest BCUT2D eigenvalue weighted by molar-refractivity contribution is 0.0512. The summed E-state index contributed by atoms with van der Waals surface area (Å²) in [5.74, 6) is 0.0319. The van der Waals surface area contributed by atoms with E-state index < -0.39 is 5.97 Å². The first-order valence-electron chi connectivity index (χ1n) is 14.3. The van der Waals surface area contributed by atoms with Crippen molar-refractivity contribution in [3.05, 3.63) is 114 Å².